The fourth-order valence-electron chi connectivity index (χ4n) is 3.97. The third-order valence-corrected chi connectivity index (χ3v) is 5.90. The molecule has 0 amide bonds. The van der Waals surface area contributed by atoms with Gasteiger partial charge >= 0.3 is 6.18 Å². The zero-order valence-corrected chi connectivity index (χ0v) is 19.8. The van der Waals surface area contributed by atoms with Gasteiger partial charge in [-0.2, -0.15) is 18.3 Å². The number of aliphatic hydroxyl groups excluding tert-OH is 1. The van der Waals surface area contributed by atoms with Crippen LogP contribution in [0.15, 0.2) is 52.6 Å². The van der Waals surface area contributed by atoms with Gasteiger partial charge in [-0.05, 0) is 36.4 Å². The highest BCUT2D eigenvalue weighted by Crippen LogP contribution is 2.32. The SMILES string of the molecule is O=c1[nH]ncc(N[C@@H](CO)CCCn2ccc3cc(-c4ncc(C(F)F)cn4)c(F)cc3c2=O)c1C(F)(F)F. The molecular formula is C24H20F6N6O3. The van der Waals surface area contributed by atoms with Crippen molar-refractivity contribution >= 4 is 16.5 Å². The predicted molar refractivity (Wildman–Crippen MR) is 128 cm³/mol. The second kappa shape index (κ2) is 11.2. The van der Waals surface area contributed by atoms with E-state index in [1.165, 1.54) is 22.9 Å². The maximum atomic E-state index is 14.8. The van der Waals surface area contributed by atoms with E-state index in [4.69, 9.17) is 0 Å². The fourth-order valence-corrected chi connectivity index (χ4v) is 3.97. The summed E-state index contributed by atoms with van der Waals surface area (Å²) in [5, 5.41) is 17.6. The van der Waals surface area contributed by atoms with E-state index in [1.807, 2.05) is 0 Å². The Morgan fingerprint density at radius 1 is 1.10 bits per heavy atom. The molecule has 3 heterocycles. The number of aryl methyl sites for hydroxylation is 1. The number of hydrogen-bond donors (Lipinski definition) is 3. The van der Waals surface area contributed by atoms with Gasteiger partial charge in [-0.25, -0.2) is 28.2 Å². The predicted octanol–water partition coefficient (Wildman–Crippen LogP) is 3.89. The van der Waals surface area contributed by atoms with E-state index in [0.717, 1.165) is 24.7 Å². The first kappa shape index (κ1) is 27.8. The van der Waals surface area contributed by atoms with Crippen molar-refractivity contribution in [3.63, 3.8) is 0 Å². The highest BCUT2D eigenvalue weighted by Gasteiger charge is 2.37. The van der Waals surface area contributed by atoms with Crippen molar-refractivity contribution in [1.82, 2.24) is 24.7 Å². The molecule has 0 aliphatic carbocycles. The average molecular weight is 554 g/mol. The van der Waals surface area contributed by atoms with Gasteiger partial charge in [-0.3, -0.25) is 9.59 Å². The molecule has 3 N–H and O–H groups in total. The lowest BCUT2D eigenvalue weighted by molar-refractivity contribution is -0.138. The summed E-state index contributed by atoms with van der Waals surface area (Å²) in [4.78, 5) is 32.1. The molecule has 0 aliphatic rings. The molecule has 4 rings (SSSR count). The van der Waals surface area contributed by atoms with Gasteiger partial charge in [0.1, 0.15) is 11.4 Å². The lowest BCUT2D eigenvalue weighted by atomic mass is 10.1. The molecule has 0 fully saturated rings. The van der Waals surface area contributed by atoms with Gasteiger partial charge in [0.15, 0.2) is 5.82 Å². The molecule has 0 unspecified atom stereocenters. The second-order valence-corrected chi connectivity index (χ2v) is 8.53. The van der Waals surface area contributed by atoms with Crippen molar-refractivity contribution in [2.45, 2.75) is 38.0 Å². The largest absolute Gasteiger partial charge is 0.423 e. The lowest BCUT2D eigenvalue weighted by Crippen LogP contribution is -2.30. The maximum Gasteiger partial charge on any atom is 0.423 e. The summed E-state index contributed by atoms with van der Waals surface area (Å²) < 4.78 is 81.3. The van der Waals surface area contributed by atoms with Crippen LogP contribution >= 0.6 is 0 Å². The topological polar surface area (TPSA) is 126 Å². The first-order chi connectivity index (χ1) is 18.5. The molecule has 4 aromatic rings. The Morgan fingerprint density at radius 2 is 1.82 bits per heavy atom. The van der Waals surface area contributed by atoms with E-state index < -0.39 is 59.0 Å². The number of benzene rings is 1. The molecular weight excluding hydrogens is 534 g/mol. The van der Waals surface area contributed by atoms with E-state index in [0.29, 0.717) is 5.39 Å². The standard InChI is InChI=1S/C24H20F6N6O3/c25-17-7-15-12(6-16(17)21-31-8-13(9-32-21)20(26)27)3-5-36(23(15)39)4-1-2-14(11-37)34-18-10-33-35-22(38)19(18)24(28,29)30/h3,5-10,14,20,37H,1-2,4,11H2,(H2,34,35,38)/t14-/m1/s1. The molecule has 0 spiro atoms. The van der Waals surface area contributed by atoms with Crippen molar-refractivity contribution in [3.05, 3.63) is 80.6 Å². The Bertz CT molecular complexity index is 1590. The van der Waals surface area contributed by atoms with Crippen LogP contribution in [-0.4, -0.2) is 42.5 Å². The number of aromatic amines is 1. The van der Waals surface area contributed by atoms with Crippen molar-refractivity contribution in [2.24, 2.45) is 0 Å². The molecule has 1 aromatic carbocycles. The van der Waals surface area contributed by atoms with Crippen LogP contribution in [0.1, 0.15) is 30.4 Å². The number of fused-ring (bicyclic) bond motifs is 1. The highest BCUT2D eigenvalue weighted by atomic mass is 19.4. The summed E-state index contributed by atoms with van der Waals surface area (Å²) in [5.41, 5.74) is -4.54. The van der Waals surface area contributed by atoms with Crippen LogP contribution in [0.3, 0.4) is 0 Å². The Hall–Kier alpha value is -4.27. The van der Waals surface area contributed by atoms with E-state index in [-0.39, 0.29) is 36.2 Å². The molecule has 0 radical (unpaired) electrons. The Kier molecular flexibility index (Phi) is 7.99. The van der Waals surface area contributed by atoms with Gasteiger partial charge in [0.25, 0.3) is 17.5 Å². The van der Waals surface area contributed by atoms with Crippen LogP contribution in [0, 0.1) is 5.82 Å². The number of halogens is 6. The molecule has 3 aromatic heterocycles. The molecule has 39 heavy (non-hydrogen) atoms. The Morgan fingerprint density at radius 3 is 2.46 bits per heavy atom. The summed E-state index contributed by atoms with van der Waals surface area (Å²) in [5.74, 6) is -0.964. The molecule has 1 atom stereocenters. The molecule has 15 heteroatoms. The van der Waals surface area contributed by atoms with Crippen molar-refractivity contribution in [3.8, 4) is 11.4 Å². The van der Waals surface area contributed by atoms with E-state index in [1.54, 1.807) is 5.10 Å². The number of rotatable bonds is 9. The molecule has 0 saturated heterocycles. The third kappa shape index (κ3) is 6.08. The van der Waals surface area contributed by atoms with Crippen LogP contribution in [0.4, 0.5) is 32.0 Å². The molecule has 9 nitrogen and oxygen atoms in total. The number of hydrogen-bond acceptors (Lipinski definition) is 7. The molecule has 0 bridgehead atoms. The van der Waals surface area contributed by atoms with Crippen molar-refractivity contribution in [1.29, 1.82) is 0 Å². The number of nitrogens with zero attached hydrogens (tertiary/aromatic N) is 4. The molecule has 0 saturated carbocycles. The third-order valence-electron chi connectivity index (χ3n) is 5.90. The number of alkyl halides is 5. The highest BCUT2D eigenvalue weighted by molar-refractivity contribution is 5.85. The smallest absolute Gasteiger partial charge is 0.394 e. The fraction of sp³-hybridized carbons (Fsp3) is 0.292. The zero-order valence-electron chi connectivity index (χ0n) is 19.8. The summed E-state index contributed by atoms with van der Waals surface area (Å²) in [6.45, 7) is -0.473. The Labute approximate surface area is 215 Å². The minimum absolute atomic E-state index is 0.0317. The van der Waals surface area contributed by atoms with Crippen molar-refractivity contribution in [2.75, 3.05) is 11.9 Å². The number of aliphatic hydroxyl groups is 1. The van der Waals surface area contributed by atoms with Crippen LogP contribution in [-0.2, 0) is 12.7 Å². The van der Waals surface area contributed by atoms with Crippen LogP contribution < -0.4 is 16.4 Å². The van der Waals surface area contributed by atoms with Gasteiger partial charge in [0, 0.05) is 31.2 Å². The number of pyridine rings is 1. The summed E-state index contributed by atoms with van der Waals surface area (Å²) in [7, 11) is 0. The van der Waals surface area contributed by atoms with E-state index in [2.05, 4.69) is 20.4 Å². The first-order valence-corrected chi connectivity index (χ1v) is 11.4. The monoisotopic (exact) mass is 554 g/mol. The quantitative estimate of drug-likeness (QED) is 0.268. The zero-order chi connectivity index (χ0) is 28.3. The van der Waals surface area contributed by atoms with Gasteiger partial charge < -0.3 is 15.0 Å². The molecule has 206 valence electrons. The maximum absolute atomic E-state index is 14.8. The van der Waals surface area contributed by atoms with Gasteiger partial charge in [-0.1, -0.05) is 0 Å². The van der Waals surface area contributed by atoms with E-state index in [9.17, 15) is 41.0 Å². The summed E-state index contributed by atoms with van der Waals surface area (Å²) in [6.07, 6.45) is -3.37. The first-order valence-electron chi connectivity index (χ1n) is 11.4. The summed E-state index contributed by atoms with van der Waals surface area (Å²) >= 11 is 0. The molecule has 0 aliphatic heterocycles. The summed E-state index contributed by atoms with van der Waals surface area (Å²) in [6, 6.07) is 2.96. The number of aromatic nitrogens is 5. The average Bonchev–Trinajstić information content (AvgIpc) is 2.88. The second-order valence-electron chi connectivity index (χ2n) is 8.53. The van der Waals surface area contributed by atoms with Crippen molar-refractivity contribution < 1.29 is 31.4 Å². The van der Waals surface area contributed by atoms with Crippen LogP contribution in [0.25, 0.3) is 22.2 Å². The van der Waals surface area contributed by atoms with E-state index >= 15 is 0 Å². The lowest BCUT2D eigenvalue weighted by Gasteiger charge is -2.20. The van der Waals surface area contributed by atoms with Gasteiger partial charge in [-0.15, -0.1) is 0 Å². The number of nitrogens with one attached hydrogen (secondary N) is 2. The minimum atomic E-state index is -4.95. The van der Waals surface area contributed by atoms with Crippen LogP contribution in [0.2, 0.25) is 0 Å². The minimum Gasteiger partial charge on any atom is -0.394 e. The van der Waals surface area contributed by atoms with Gasteiger partial charge in [0.2, 0.25) is 0 Å². The number of H-pyrrole nitrogens is 1. The Balaban J connectivity index is 1.49. The van der Waals surface area contributed by atoms with Gasteiger partial charge in [0.05, 0.1) is 35.0 Å². The van der Waals surface area contributed by atoms with Crippen LogP contribution in [0.5, 0.6) is 0 Å². The number of anilines is 1. The normalized spacial score (nSPS) is 12.7.